The van der Waals surface area contributed by atoms with Crippen molar-refractivity contribution in [1.29, 1.82) is 0 Å². The minimum atomic E-state index is -0.608. The lowest BCUT2D eigenvalue weighted by Gasteiger charge is -2.35. The van der Waals surface area contributed by atoms with E-state index in [0.717, 1.165) is 0 Å². The third kappa shape index (κ3) is 4.35. The molecule has 1 aliphatic rings. The van der Waals surface area contributed by atoms with Crippen molar-refractivity contribution in [2.45, 2.75) is 25.4 Å². The first kappa shape index (κ1) is 15.6. The lowest BCUT2D eigenvalue weighted by molar-refractivity contribution is -0.118. The average Bonchev–Trinajstić information content (AvgIpc) is 2.36. The zero-order valence-electron chi connectivity index (χ0n) is 11.3. The molecular formula is C14H18Cl2N2O2. The lowest BCUT2D eigenvalue weighted by atomic mass is 9.94. The number of hydrogen-bond acceptors (Lipinski definition) is 3. The summed E-state index contributed by atoms with van der Waals surface area (Å²) in [6.45, 7) is 3.54. The molecule has 1 heterocycles. The van der Waals surface area contributed by atoms with E-state index in [-0.39, 0.29) is 5.91 Å². The number of aliphatic hydroxyl groups is 1. The van der Waals surface area contributed by atoms with Gasteiger partial charge in [-0.2, -0.15) is 0 Å². The van der Waals surface area contributed by atoms with Crippen molar-refractivity contribution < 1.29 is 9.90 Å². The highest BCUT2D eigenvalue weighted by molar-refractivity contribution is 6.35. The number of nitrogens with zero attached hydrogens (tertiary/aromatic N) is 1. The van der Waals surface area contributed by atoms with Gasteiger partial charge >= 0.3 is 0 Å². The number of nitrogens with one attached hydrogen (secondary N) is 1. The number of rotatable bonds is 3. The highest BCUT2D eigenvalue weighted by Crippen LogP contribution is 2.25. The first-order valence-electron chi connectivity index (χ1n) is 6.55. The SMILES string of the molecule is CC1(O)CCN(CC(=O)Nc2cc(Cl)ccc2Cl)CC1. The van der Waals surface area contributed by atoms with E-state index in [1.54, 1.807) is 18.2 Å². The smallest absolute Gasteiger partial charge is 0.238 e. The average molecular weight is 317 g/mol. The molecule has 0 aromatic heterocycles. The first-order chi connectivity index (χ1) is 9.35. The zero-order valence-corrected chi connectivity index (χ0v) is 12.8. The van der Waals surface area contributed by atoms with E-state index < -0.39 is 5.60 Å². The van der Waals surface area contributed by atoms with Crippen LogP contribution >= 0.6 is 23.2 Å². The Morgan fingerprint density at radius 3 is 2.70 bits per heavy atom. The maximum absolute atomic E-state index is 12.0. The van der Waals surface area contributed by atoms with E-state index in [0.29, 0.717) is 48.2 Å². The van der Waals surface area contributed by atoms with Gasteiger partial charge in [0, 0.05) is 18.1 Å². The number of amides is 1. The molecule has 4 nitrogen and oxygen atoms in total. The predicted octanol–water partition coefficient (Wildman–Crippen LogP) is 2.78. The Kier molecular flexibility index (Phi) is 4.91. The molecule has 1 saturated heterocycles. The number of hydrogen-bond donors (Lipinski definition) is 2. The second kappa shape index (κ2) is 6.31. The second-order valence-electron chi connectivity index (χ2n) is 5.45. The van der Waals surface area contributed by atoms with Crippen LogP contribution in [0, 0.1) is 0 Å². The summed E-state index contributed by atoms with van der Waals surface area (Å²) < 4.78 is 0. The van der Waals surface area contributed by atoms with Crippen molar-refractivity contribution in [2.24, 2.45) is 0 Å². The van der Waals surface area contributed by atoms with Crippen LogP contribution in [-0.4, -0.2) is 41.1 Å². The van der Waals surface area contributed by atoms with Gasteiger partial charge < -0.3 is 10.4 Å². The Hall–Kier alpha value is -0.810. The molecule has 110 valence electrons. The molecule has 0 bridgehead atoms. The topological polar surface area (TPSA) is 52.6 Å². The number of carbonyl (C=O) groups is 1. The highest BCUT2D eigenvalue weighted by Gasteiger charge is 2.28. The van der Waals surface area contributed by atoms with E-state index in [1.165, 1.54) is 0 Å². The summed E-state index contributed by atoms with van der Waals surface area (Å²) in [7, 11) is 0. The summed E-state index contributed by atoms with van der Waals surface area (Å²) in [4.78, 5) is 14.0. The Morgan fingerprint density at radius 1 is 1.40 bits per heavy atom. The maximum atomic E-state index is 12.0. The number of piperidine rings is 1. The molecule has 1 aromatic rings. The molecule has 1 fully saturated rings. The summed E-state index contributed by atoms with van der Waals surface area (Å²) in [5, 5.41) is 13.6. The molecule has 0 spiro atoms. The Bertz CT molecular complexity index is 496. The third-order valence-corrected chi connectivity index (χ3v) is 4.07. The summed E-state index contributed by atoms with van der Waals surface area (Å²) in [5.74, 6) is -0.129. The van der Waals surface area contributed by atoms with E-state index >= 15 is 0 Å². The highest BCUT2D eigenvalue weighted by atomic mass is 35.5. The van der Waals surface area contributed by atoms with Gasteiger partial charge in [-0.15, -0.1) is 0 Å². The molecule has 0 radical (unpaired) electrons. The molecule has 1 aliphatic heterocycles. The first-order valence-corrected chi connectivity index (χ1v) is 7.31. The second-order valence-corrected chi connectivity index (χ2v) is 6.29. The summed E-state index contributed by atoms with van der Waals surface area (Å²) in [5.41, 5.74) is -0.0864. The van der Waals surface area contributed by atoms with Crippen LogP contribution in [0.5, 0.6) is 0 Å². The van der Waals surface area contributed by atoms with Crippen molar-refractivity contribution in [1.82, 2.24) is 4.90 Å². The molecule has 2 N–H and O–H groups in total. The van der Waals surface area contributed by atoms with Crippen molar-refractivity contribution in [3.8, 4) is 0 Å². The number of anilines is 1. The van der Waals surface area contributed by atoms with Gasteiger partial charge in [-0.25, -0.2) is 0 Å². The van der Waals surface area contributed by atoms with Crippen molar-refractivity contribution in [3.05, 3.63) is 28.2 Å². The summed E-state index contributed by atoms with van der Waals surface area (Å²) in [6, 6.07) is 4.95. The van der Waals surface area contributed by atoms with Gasteiger partial charge in [-0.1, -0.05) is 23.2 Å². The van der Waals surface area contributed by atoms with Crippen LogP contribution in [0.25, 0.3) is 0 Å². The minimum Gasteiger partial charge on any atom is -0.390 e. The van der Waals surface area contributed by atoms with Crippen molar-refractivity contribution >= 4 is 34.8 Å². The maximum Gasteiger partial charge on any atom is 0.238 e. The van der Waals surface area contributed by atoms with Gasteiger partial charge in [0.25, 0.3) is 0 Å². The normalized spacial score (nSPS) is 18.8. The van der Waals surface area contributed by atoms with E-state index in [4.69, 9.17) is 23.2 Å². The van der Waals surface area contributed by atoms with Crippen LogP contribution in [0.15, 0.2) is 18.2 Å². The zero-order chi connectivity index (χ0) is 14.8. The summed E-state index contributed by atoms with van der Waals surface area (Å²) >= 11 is 11.9. The van der Waals surface area contributed by atoms with Gasteiger partial charge in [0.1, 0.15) is 0 Å². The fourth-order valence-electron chi connectivity index (χ4n) is 2.18. The van der Waals surface area contributed by atoms with E-state index in [2.05, 4.69) is 5.32 Å². The van der Waals surface area contributed by atoms with Gasteiger partial charge in [0.05, 0.1) is 22.9 Å². The van der Waals surface area contributed by atoms with Gasteiger partial charge in [0.15, 0.2) is 0 Å². The quantitative estimate of drug-likeness (QED) is 0.901. The van der Waals surface area contributed by atoms with Crippen LogP contribution in [0.1, 0.15) is 19.8 Å². The lowest BCUT2D eigenvalue weighted by Crippen LogP contribution is -2.45. The standard InChI is InChI=1S/C14H18Cl2N2O2/c1-14(20)4-6-18(7-5-14)9-13(19)17-12-8-10(15)2-3-11(12)16/h2-3,8,20H,4-7,9H2,1H3,(H,17,19). The molecule has 1 amide bonds. The third-order valence-electron chi connectivity index (χ3n) is 3.50. The number of benzene rings is 1. The monoisotopic (exact) mass is 316 g/mol. The van der Waals surface area contributed by atoms with Crippen LogP contribution in [0.3, 0.4) is 0 Å². The number of likely N-dealkylation sites (tertiary alicyclic amines) is 1. The van der Waals surface area contributed by atoms with Gasteiger partial charge in [-0.3, -0.25) is 9.69 Å². The van der Waals surface area contributed by atoms with Crippen LogP contribution in [0.4, 0.5) is 5.69 Å². The summed E-state index contributed by atoms with van der Waals surface area (Å²) in [6.07, 6.45) is 1.36. The molecule has 2 rings (SSSR count). The molecule has 0 saturated carbocycles. The van der Waals surface area contributed by atoms with Crippen molar-refractivity contribution in [2.75, 3.05) is 25.0 Å². The molecular weight excluding hydrogens is 299 g/mol. The molecule has 0 atom stereocenters. The van der Waals surface area contributed by atoms with Crippen LogP contribution in [-0.2, 0) is 4.79 Å². The van der Waals surface area contributed by atoms with E-state index in [9.17, 15) is 9.90 Å². The molecule has 20 heavy (non-hydrogen) atoms. The largest absolute Gasteiger partial charge is 0.390 e. The number of halogens is 2. The molecule has 0 aliphatic carbocycles. The Morgan fingerprint density at radius 2 is 2.05 bits per heavy atom. The fraction of sp³-hybridized carbons (Fsp3) is 0.500. The van der Waals surface area contributed by atoms with Gasteiger partial charge in [-0.05, 0) is 38.0 Å². The fourth-order valence-corrected chi connectivity index (χ4v) is 2.52. The predicted molar refractivity (Wildman–Crippen MR) is 81.4 cm³/mol. The molecule has 6 heteroatoms. The Balaban J connectivity index is 1.88. The van der Waals surface area contributed by atoms with Crippen molar-refractivity contribution in [3.63, 3.8) is 0 Å². The van der Waals surface area contributed by atoms with Gasteiger partial charge in [0.2, 0.25) is 5.91 Å². The Labute approximate surface area is 128 Å². The van der Waals surface area contributed by atoms with Crippen LogP contribution in [0.2, 0.25) is 10.0 Å². The molecule has 0 unspecified atom stereocenters. The minimum absolute atomic E-state index is 0.129. The molecule has 1 aromatic carbocycles. The van der Waals surface area contributed by atoms with E-state index in [1.807, 2.05) is 11.8 Å². The van der Waals surface area contributed by atoms with Crippen LogP contribution < -0.4 is 5.32 Å². The number of carbonyl (C=O) groups excluding carboxylic acids is 1.